The van der Waals surface area contributed by atoms with Crippen LogP contribution in [0.1, 0.15) is 5.69 Å². The van der Waals surface area contributed by atoms with E-state index in [4.69, 9.17) is 0 Å². The molecule has 2 nitrogen and oxygen atoms in total. The molecule has 0 amide bonds. The number of allylic oxidation sites excluding steroid dienone is 2. The molecule has 0 radical (unpaired) electrons. The number of hydrogen-bond donors (Lipinski definition) is 1. The van der Waals surface area contributed by atoms with Crippen LogP contribution in [0.2, 0.25) is 0 Å². The van der Waals surface area contributed by atoms with Crippen LogP contribution in [0.5, 0.6) is 0 Å². The van der Waals surface area contributed by atoms with E-state index >= 15 is 0 Å². The number of nitrogens with zero attached hydrogens (tertiary/aromatic N) is 1. The molecule has 72 valence electrons. The standard InChI is InChI=1S/C10H8Br2N2/c11-10(12)6-3-5-9(14-10)8-4-1-2-7-13-8/h1-7,14H. The Bertz CT molecular complexity index is 382. The highest BCUT2D eigenvalue weighted by atomic mass is 79.9. The summed E-state index contributed by atoms with van der Waals surface area (Å²) in [4.78, 5) is 4.26. The second-order valence-corrected chi connectivity index (χ2v) is 6.47. The zero-order chi connectivity index (χ0) is 10.0. The molecule has 14 heavy (non-hydrogen) atoms. The zero-order valence-electron chi connectivity index (χ0n) is 7.24. The van der Waals surface area contributed by atoms with E-state index < -0.39 is 0 Å². The number of dihydropyridines is 1. The van der Waals surface area contributed by atoms with Crippen LogP contribution in [0.4, 0.5) is 0 Å². The van der Waals surface area contributed by atoms with Gasteiger partial charge in [-0.15, -0.1) is 0 Å². The summed E-state index contributed by atoms with van der Waals surface area (Å²) in [7, 11) is 0. The molecule has 0 saturated carbocycles. The van der Waals surface area contributed by atoms with Gasteiger partial charge in [0.1, 0.15) is 0 Å². The average Bonchev–Trinajstić information content (AvgIpc) is 2.18. The van der Waals surface area contributed by atoms with E-state index in [-0.39, 0.29) is 3.36 Å². The van der Waals surface area contributed by atoms with Gasteiger partial charge < -0.3 is 5.32 Å². The number of alkyl halides is 2. The quantitative estimate of drug-likeness (QED) is 0.636. The Kier molecular flexibility index (Phi) is 2.74. The van der Waals surface area contributed by atoms with Gasteiger partial charge in [0, 0.05) is 6.20 Å². The number of rotatable bonds is 1. The molecule has 0 atom stereocenters. The molecule has 1 N–H and O–H groups in total. The summed E-state index contributed by atoms with van der Waals surface area (Å²) in [6.07, 6.45) is 7.72. The van der Waals surface area contributed by atoms with Crippen LogP contribution < -0.4 is 5.32 Å². The SMILES string of the molecule is BrC1(Br)C=CC=C(c2ccccn2)N1. The first-order chi connectivity index (χ1) is 6.67. The lowest BCUT2D eigenvalue weighted by Crippen LogP contribution is -2.31. The minimum absolute atomic E-state index is 0.360. The van der Waals surface area contributed by atoms with E-state index in [1.807, 2.05) is 36.4 Å². The normalized spacial score (nSPS) is 18.6. The average molecular weight is 316 g/mol. The number of nitrogens with one attached hydrogen (secondary N) is 1. The van der Waals surface area contributed by atoms with Gasteiger partial charge in [0.05, 0.1) is 11.4 Å². The van der Waals surface area contributed by atoms with Crippen molar-refractivity contribution in [1.29, 1.82) is 0 Å². The van der Waals surface area contributed by atoms with Crippen molar-refractivity contribution in [3.8, 4) is 0 Å². The monoisotopic (exact) mass is 314 g/mol. The van der Waals surface area contributed by atoms with E-state index in [0.29, 0.717) is 0 Å². The number of halogens is 2. The molecule has 4 heteroatoms. The summed E-state index contributed by atoms with van der Waals surface area (Å²) in [6, 6.07) is 5.83. The molecule has 0 spiro atoms. The van der Waals surface area contributed by atoms with Crippen LogP contribution in [-0.4, -0.2) is 8.34 Å². The lowest BCUT2D eigenvalue weighted by atomic mass is 10.2. The third kappa shape index (κ3) is 2.25. The number of hydrogen-bond acceptors (Lipinski definition) is 2. The van der Waals surface area contributed by atoms with Crippen LogP contribution in [0.3, 0.4) is 0 Å². The summed E-state index contributed by atoms with van der Waals surface area (Å²) < 4.78 is -0.360. The van der Waals surface area contributed by atoms with Crippen molar-refractivity contribution >= 4 is 37.6 Å². The molecule has 0 saturated heterocycles. The highest BCUT2D eigenvalue weighted by molar-refractivity contribution is 9.25. The van der Waals surface area contributed by atoms with Gasteiger partial charge in [0.2, 0.25) is 0 Å². The van der Waals surface area contributed by atoms with Gasteiger partial charge in [-0.25, -0.2) is 0 Å². The van der Waals surface area contributed by atoms with Gasteiger partial charge in [0.15, 0.2) is 3.36 Å². The number of pyridine rings is 1. The van der Waals surface area contributed by atoms with Crippen LogP contribution in [0.15, 0.2) is 42.6 Å². The molecule has 1 aromatic rings. The van der Waals surface area contributed by atoms with Crippen molar-refractivity contribution < 1.29 is 0 Å². The number of aromatic nitrogens is 1. The molecule has 0 unspecified atom stereocenters. The first-order valence-electron chi connectivity index (χ1n) is 4.14. The summed E-state index contributed by atoms with van der Waals surface area (Å²) in [5, 5.41) is 3.25. The van der Waals surface area contributed by atoms with Gasteiger partial charge in [-0.3, -0.25) is 4.98 Å². The predicted octanol–water partition coefficient (Wildman–Crippen LogP) is 3.03. The molecule has 1 aliphatic heterocycles. The highest BCUT2D eigenvalue weighted by Crippen LogP contribution is 2.30. The Balaban J connectivity index is 2.30. The van der Waals surface area contributed by atoms with E-state index in [1.54, 1.807) is 6.20 Å². The third-order valence-electron chi connectivity index (χ3n) is 1.81. The lowest BCUT2D eigenvalue weighted by molar-refractivity contribution is 0.900. The fourth-order valence-corrected chi connectivity index (χ4v) is 1.93. The molecular weight excluding hydrogens is 308 g/mol. The molecule has 1 aliphatic rings. The molecule has 0 aromatic carbocycles. The van der Waals surface area contributed by atoms with Crippen LogP contribution >= 0.6 is 31.9 Å². The summed E-state index contributed by atoms with van der Waals surface area (Å²) in [5.41, 5.74) is 1.92. The van der Waals surface area contributed by atoms with E-state index in [1.165, 1.54) is 0 Å². The largest absolute Gasteiger partial charge is 0.357 e. The second-order valence-electron chi connectivity index (χ2n) is 2.90. The maximum absolute atomic E-state index is 4.26. The van der Waals surface area contributed by atoms with Crippen molar-refractivity contribution in [2.45, 2.75) is 3.36 Å². The Morgan fingerprint density at radius 1 is 1.29 bits per heavy atom. The van der Waals surface area contributed by atoms with E-state index in [2.05, 4.69) is 42.2 Å². The minimum Gasteiger partial charge on any atom is -0.357 e. The van der Waals surface area contributed by atoms with Gasteiger partial charge in [-0.2, -0.15) is 0 Å². The summed E-state index contributed by atoms with van der Waals surface area (Å²) >= 11 is 6.96. The van der Waals surface area contributed by atoms with Gasteiger partial charge in [0.25, 0.3) is 0 Å². The maximum atomic E-state index is 4.26. The fraction of sp³-hybridized carbons (Fsp3) is 0.100. The first-order valence-corrected chi connectivity index (χ1v) is 5.73. The molecule has 0 fully saturated rings. The Labute approximate surface area is 99.4 Å². The Morgan fingerprint density at radius 2 is 2.14 bits per heavy atom. The summed E-state index contributed by atoms with van der Waals surface area (Å²) in [5.74, 6) is 0. The molecule has 0 aliphatic carbocycles. The molecule has 1 aromatic heterocycles. The van der Waals surface area contributed by atoms with Crippen LogP contribution in [0, 0.1) is 0 Å². The first kappa shape index (κ1) is 9.93. The van der Waals surface area contributed by atoms with Crippen LogP contribution in [0.25, 0.3) is 5.70 Å². The molecule has 2 rings (SSSR count). The van der Waals surface area contributed by atoms with E-state index in [0.717, 1.165) is 11.4 Å². The smallest absolute Gasteiger partial charge is 0.168 e. The predicted molar refractivity (Wildman–Crippen MR) is 65.1 cm³/mol. The third-order valence-corrected chi connectivity index (χ3v) is 2.74. The van der Waals surface area contributed by atoms with Crippen molar-refractivity contribution in [2.75, 3.05) is 0 Å². The Morgan fingerprint density at radius 3 is 2.79 bits per heavy atom. The zero-order valence-corrected chi connectivity index (χ0v) is 10.4. The molecular formula is C10H8Br2N2. The lowest BCUT2D eigenvalue weighted by Gasteiger charge is -2.24. The van der Waals surface area contributed by atoms with Gasteiger partial charge in [-0.05, 0) is 56.1 Å². The van der Waals surface area contributed by atoms with Crippen molar-refractivity contribution in [2.24, 2.45) is 0 Å². The maximum Gasteiger partial charge on any atom is 0.168 e. The second kappa shape index (κ2) is 3.87. The molecule has 0 bridgehead atoms. The Hall–Kier alpha value is -0.610. The van der Waals surface area contributed by atoms with Gasteiger partial charge in [-0.1, -0.05) is 12.1 Å². The van der Waals surface area contributed by atoms with Gasteiger partial charge >= 0.3 is 0 Å². The fourth-order valence-electron chi connectivity index (χ4n) is 1.20. The van der Waals surface area contributed by atoms with Crippen molar-refractivity contribution in [3.63, 3.8) is 0 Å². The van der Waals surface area contributed by atoms with Crippen molar-refractivity contribution in [1.82, 2.24) is 10.3 Å². The van der Waals surface area contributed by atoms with Crippen LogP contribution in [-0.2, 0) is 0 Å². The van der Waals surface area contributed by atoms with E-state index in [9.17, 15) is 0 Å². The summed E-state index contributed by atoms with van der Waals surface area (Å²) in [6.45, 7) is 0. The minimum atomic E-state index is -0.360. The molecule has 2 heterocycles. The van der Waals surface area contributed by atoms with Crippen molar-refractivity contribution in [3.05, 3.63) is 48.3 Å². The highest BCUT2D eigenvalue weighted by Gasteiger charge is 2.22. The topological polar surface area (TPSA) is 24.9 Å².